The van der Waals surface area contributed by atoms with Crippen molar-refractivity contribution < 1.29 is 17.9 Å². The number of halogens is 1. The second kappa shape index (κ2) is 10.8. The van der Waals surface area contributed by atoms with Gasteiger partial charge in [-0.25, -0.2) is 13.4 Å². The molecule has 9 heteroatoms. The number of sulfonamides is 1. The molecule has 0 saturated carbocycles. The molecule has 2 N–H and O–H groups in total. The number of aryl methyl sites for hydroxylation is 1. The molecule has 7 nitrogen and oxygen atoms in total. The van der Waals surface area contributed by atoms with Gasteiger partial charge in [0.25, 0.3) is 15.9 Å². The lowest BCUT2D eigenvalue weighted by atomic mass is 10.0. The Morgan fingerprint density at radius 3 is 2.41 bits per heavy atom. The zero-order valence-corrected chi connectivity index (χ0v) is 22.7. The standard InChI is InChI=1S/C30H24ClN3O4S/c1-19-12-15-25-22(16-19)23(18-27(33-25)20-8-4-3-5-9-20)30(35)32-21-13-14-24(31)29(17-21)39(36,37)34-26-10-6-7-11-28(26)38-2/h3-18,34H,1-2H3,(H,32,35). The maximum absolute atomic E-state index is 13.6. The van der Waals surface area contributed by atoms with Gasteiger partial charge in [-0.3, -0.25) is 9.52 Å². The van der Waals surface area contributed by atoms with E-state index in [9.17, 15) is 13.2 Å². The summed E-state index contributed by atoms with van der Waals surface area (Å²) in [4.78, 5) is 18.2. The SMILES string of the molecule is COc1ccccc1NS(=O)(=O)c1cc(NC(=O)c2cc(-c3ccccc3)nc3ccc(C)cc23)ccc1Cl. The van der Waals surface area contributed by atoms with Crippen LogP contribution in [0.2, 0.25) is 5.02 Å². The van der Waals surface area contributed by atoms with Crippen molar-refractivity contribution in [2.75, 3.05) is 17.1 Å². The number of aromatic nitrogens is 1. The number of nitrogens with zero attached hydrogens (tertiary/aromatic N) is 1. The van der Waals surface area contributed by atoms with E-state index in [1.54, 1.807) is 36.4 Å². The van der Waals surface area contributed by atoms with Gasteiger partial charge < -0.3 is 10.1 Å². The highest BCUT2D eigenvalue weighted by Gasteiger charge is 2.22. The van der Waals surface area contributed by atoms with E-state index in [1.807, 2.05) is 55.5 Å². The number of hydrogen-bond donors (Lipinski definition) is 2. The number of benzene rings is 4. The van der Waals surface area contributed by atoms with Crippen molar-refractivity contribution in [1.82, 2.24) is 4.98 Å². The average molecular weight is 558 g/mol. The molecule has 196 valence electrons. The van der Waals surface area contributed by atoms with E-state index in [0.29, 0.717) is 27.9 Å². The van der Waals surface area contributed by atoms with Crippen molar-refractivity contribution in [2.45, 2.75) is 11.8 Å². The Morgan fingerprint density at radius 2 is 1.64 bits per heavy atom. The Hall–Kier alpha value is -4.40. The van der Waals surface area contributed by atoms with Gasteiger partial charge in [0.2, 0.25) is 0 Å². The topological polar surface area (TPSA) is 97.4 Å². The van der Waals surface area contributed by atoms with Crippen LogP contribution < -0.4 is 14.8 Å². The first-order valence-corrected chi connectivity index (χ1v) is 13.8. The van der Waals surface area contributed by atoms with Gasteiger partial charge in [0, 0.05) is 16.6 Å². The first-order chi connectivity index (χ1) is 18.7. The molecule has 0 aliphatic rings. The second-order valence-electron chi connectivity index (χ2n) is 8.85. The molecular weight excluding hydrogens is 534 g/mol. The maximum atomic E-state index is 13.6. The summed E-state index contributed by atoms with van der Waals surface area (Å²) in [6.07, 6.45) is 0. The van der Waals surface area contributed by atoms with E-state index < -0.39 is 15.9 Å². The lowest BCUT2D eigenvalue weighted by Gasteiger charge is -2.14. The highest BCUT2D eigenvalue weighted by molar-refractivity contribution is 7.92. The van der Waals surface area contributed by atoms with E-state index in [4.69, 9.17) is 21.3 Å². The molecule has 1 aromatic heterocycles. The number of carbonyl (C=O) groups excluding carboxylic acids is 1. The van der Waals surface area contributed by atoms with Crippen LogP contribution in [0, 0.1) is 6.92 Å². The lowest BCUT2D eigenvalue weighted by Crippen LogP contribution is -2.16. The van der Waals surface area contributed by atoms with Crippen molar-refractivity contribution in [2.24, 2.45) is 0 Å². The van der Waals surface area contributed by atoms with Crippen LogP contribution in [-0.2, 0) is 10.0 Å². The predicted molar refractivity (Wildman–Crippen MR) is 155 cm³/mol. The van der Waals surface area contributed by atoms with Crippen molar-refractivity contribution in [3.05, 3.63) is 113 Å². The molecule has 0 aliphatic carbocycles. The van der Waals surface area contributed by atoms with Crippen molar-refractivity contribution in [1.29, 1.82) is 0 Å². The number of para-hydroxylation sites is 2. The third kappa shape index (κ3) is 5.57. The summed E-state index contributed by atoms with van der Waals surface area (Å²) in [5.74, 6) is -0.0516. The van der Waals surface area contributed by atoms with Crippen molar-refractivity contribution >= 4 is 49.8 Å². The molecule has 39 heavy (non-hydrogen) atoms. The number of fused-ring (bicyclic) bond motifs is 1. The molecular formula is C30H24ClN3O4S. The minimum atomic E-state index is -4.11. The fourth-order valence-electron chi connectivity index (χ4n) is 4.20. The second-order valence-corrected chi connectivity index (χ2v) is 10.9. The number of hydrogen-bond acceptors (Lipinski definition) is 5. The summed E-state index contributed by atoms with van der Waals surface area (Å²) in [5, 5.41) is 3.53. The van der Waals surface area contributed by atoms with E-state index >= 15 is 0 Å². The number of anilines is 2. The average Bonchev–Trinajstić information content (AvgIpc) is 2.94. The molecule has 0 atom stereocenters. The zero-order valence-electron chi connectivity index (χ0n) is 21.1. The molecule has 0 saturated heterocycles. The fraction of sp³-hybridized carbons (Fsp3) is 0.0667. The first kappa shape index (κ1) is 26.2. The third-order valence-electron chi connectivity index (χ3n) is 6.11. The Labute approximate surface area is 231 Å². The van der Waals surface area contributed by atoms with Gasteiger partial charge in [0.15, 0.2) is 0 Å². The quantitative estimate of drug-likeness (QED) is 0.226. The van der Waals surface area contributed by atoms with Crippen LogP contribution in [0.4, 0.5) is 11.4 Å². The van der Waals surface area contributed by atoms with E-state index in [1.165, 1.54) is 19.2 Å². The summed E-state index contributed by atoms with van der Waals surface area (Å²) < 4.78 is 34.2. The van der Waals surface area contributed by atoms with E-state index in [2.05, 4.69) is 10.0 Å². The normalized spacial score (nSPS) is 11.3. The summed E-state index contributed by atoms with van der Waals surface area (Å²) >= 11 is 6.29. The number of pyridine rings is 1. The molecule has 4 aromatic carbocycles. The predicted octanol–water partition coefficient (Wildman–Crippen LogP) is 6.93. The van der Waals surface area contributed by atoms with E-state index in [0.717, 1.165) is 11.1 Å². The number of methoxy groups -OCH3 is 1. The van der Waals surface area contributed by atoms with Crippen LogP contribution in [-0.4, -0.2) is 26.4 Å². The van der Waals surface area contributed by atoms with Crippen molar-refractivity contribution in [3.8, 4) is 17.0 Å². The molecule has 0 bridgehead atoms. The van der Waals surface area contributed by atoms with Crippen LogP contribution in [0.5, 0.6) is 5.75 Å². The third-order valence-corrected chi connectivity index (χ3v) is 7.96. The highest BCUT2D eigenvalue weighted by Crippen LogP contribution is 2.31. The number of ether oxygens (including phenoxy) is 1. The van der Waals surface area contributed by atoms with E-state index in [-0.39, 0.29) is 21.3 Å². The fourth-order valence-corrected chi connectivity index (χ4v) is 5.80. The number of carbonyl (C=O) groups is 1. The highest BCUT2D eigenvalue weighted by atomic mass is 35.5. The summed E-state index contributed by atoms with van der Waals surface area (Å²) in [7, 11) is -2.66. The van der Waals surface area contributed by atoms with Crippen LogP contribution in [0.25, 0.3) is 22.2 Å². The monoisotopic (exact) mass is 557 g/mol. The molecule has 1 amide bonds. The van der Waals surface area contributed by atoms with Crippen molar-refractivity contribution in [3.63, 3.8) is 0 Å². The summed E-state index contributed by atoms with van der Waals surface area (Å²) in [6, 6.07) is 28.0. The molecule has 5 aromatic rings. The number of amides is 1. The first-order valence-electron chi connectivity index (χ1n) is 12.0. The molecule has 1 heterocycles. The smallest absolute Gasteiger partial charge is 0.263 e. The zero-order chi connectivity index (χ0) is 27.6. The van der Waals surface area contributed by atoms with Crippen LogP contribution >= 0.6 is 11.6 Å². The lowest BCUT2D eigenvalue weighted by molar-refractivity contribution is 0.102. The van der Waals surface area contributed by atoms with Gasteiger partial charge in [0.1, 0.15) is 10.6 Å². The Kier molecular flexibility index (Phi) is 7.24. The molecule has 0 spiro atoms. The molecule has 5 rings (SSSR count). The number of nitrogens with one attached hydrogen (secondary N) is 2. The molecule has 0 fully saturated rings. The summed E-state index contributed by atoms with van der Waals surface area (Å²) in [6.45, 7) is 1.94. The van der Waals surface area contributed by atoms with Crippen LogP contribution in [0.3, 0.4) is 0 Å². The molecule has 0 unspecified atom stereocenters. The van der Waals surface area contributed by atoms with Gasteiger partial charge in [-0.2, -0.15) is 0 Å². The Bertz CT molecular complexity index is 1810. The number of rotatable bonds is 7. The summed E-state index contributed by atoms with van der Waals surface area (Å²) in [5.41, 5.74) is 4.12. The van der Waals surface area contributed by atoms with Crippen LogP contribution in [0.15, 0.2) is 102 Å². The van der Waals surface area contributed by atoms with Gasteiger partial charge in [-0.05, 0) is 55.5 Å². The van der Waals surface area contributed by atoms with Crippen LogP contribution in [0.1, 0.15) is 15.9 Å². The maximum Gasteiger partial charge on any atom is 0.263 e. The molecule has 0 radical (unpaired) electrons. The Balaban J connectivity index is 1.51. The molecule has 0 aliphatic heterocycles. The van der Waals surface area contributed by atoms with Gasteiger partial charge >= 0.3 is 0 Å². The minimum Gasteiger partial charge on any atom is -0.495 e. The van der Waals surface area contributed by atoms with Gasteiger partial charge in [0.05, 0.1) is 34.6 Å². The largest absolute Gasteiger partial charge is 0.495 e. The van der Waals surface area contributed by atoms with Gasteiger partial charge in [-0.15, -0.1) is 0 Å². The Morgan fingerprint density at radius 1 is 0.897 bits per heavy atom. The van der Waals surface area contributed by atoms with Gasteiger partial charge in [-0.1, -0.05) is 65.7 Å². The minimum absolute atomic E-state index is 0.00625.